The minimum absolute atomic E-state index is 0.291. The molecule has 74 valence electrons. The number of rotatable bonds is 3. The highest BCUT2D eigenvalue weighted by Crippen LogP contribution is 2.18. The van der Waals surface area contributed by atoms with E-state index >= 15 is 0 Å². The van der Waals surface area contributed by atoms with Gasteiger partial charge in [-0.05, 0) is 31.7 Å². The maximum atomic E-state index is 5.82. The Hall–Kier alpha value is -0.970. The normalized spacial score (nSPS) is 11.6. The van der Waals surface area contributed by atoms with Gasteiger partial charge in [0.1, 0.15) is 0 Å². The van der Waals surface area contributed by atoms with Crippen LogP contribution in [0.25, 0.3) is 0 Å². The number of hydrogen-bond donors (Lipinski definition) is 1. The fourth-order valence-electron chi connectivity index (χ4n) is 1.29. The van der Waals surface area contributed by atoms with Gasteiger partial charge in [-0.25, -0.2) is 0 Å². The first-order valence-corrected chi connectivity index (χ1v) is 4.98. The van der Waals surface area contributed by atoms with E-state index in [9.17, 15) is 0 Å². The van der Waals surface area contributed by atoms with Crippen molar-refractivity contribution < 1.29 is 0 Å². The summed E-state index contributed by atoms with van der Waals surface area (Å²) < 4.78 is 0. The second kappa shape index (κ2) is 5.70. The summed E-state index contributed by atoms with van der Waals surface area (Å²) in [6, 6.07) is 8.16. The van der Waals surface area contributed by atoms with Gasteiger partial charge in [0, 0.05) is 17.5 Å². The van der Waals surface area contributed by atoms with Gasteiger partial charge in [0.2, 0.25) is 0 Å². The van der Waals surface area contributed by atoms with E-state index in [0.29, 0.717) is 6.04 Å². The third-order valence-electron chi connectivity index (χ3n) is 2.10. The zero-order valence-corrected chi connectivity index (χ0v) is 9.23. The summed E-state index contributed by atoms with van der Waals surface area (Å²) in [6.07, 6.45) is 0.828. The summed E-state index contributed by atoms with van der Waals surface area (Å²) >= 11 is 5.82. The second-order valence-corrected chi connectivity index (χ2v) is 3.46. The van der Waals surface area contributed by atoms with Gasteiger partial charge in [0.05, 0.1) is 0 Å². The lowest BCUT2D eigenvalue weighted by molar-refractivity contribution is 0.611. The van der Waals surface area contributed by atoms with E-state index < -0.39 is 0 Å². The second-order valence-electron chi connectivity index (χ2n) is 3.02. The van der Waals surface area contributed by atoms with Crippen LogP contribution in [0.15, 0.2) is 24.3 Å². The summed E-state index contributed by atoms with van der Waals surface area (Å²) in [6.45, 7) is 1.86. The van der Waals surface area contributed by atoms with Gasteiger partial charge in [-0.15, -0.1) is 11.8 Å². The summed E-state index contributed by atoms with van der Waals surface area (Å²) in [5, 5.41) is 4.00. The molecule has 1 aromatic carbocycles. The summed E-state index contributed by atoms with van der Waals surface area (Å²) in [4.78, 5) is 0. The summed E-state index contributed by atoms with van der Waals surface area (Å²) in [5.41, 5.74) is 1.22. The van der Waals surface area contributed by atoms with Crippen LogP contribution in [0, 0.1) is 11.8 Å². The standard InChI is InChI=1S/C12H14ClN/c1-3-4-5-12(14-2)10-6-8-11(13)9-7-10/h6-9,12,14H,5H2,1-2H3. The SMILES string of the molecule is CC#CCC(NC)c1ccc(Cl)cc1. The molecule has 0 fully saturated rings. The first-order valence-electron chi connectivity index (χ1n) is 4.60. The van der Waals surface area contributed by atoms with Crippen LogP contribution in [0.5, 0.6) is 0 Å². The van der Waals surface area contributed by atoms with E-state index in [1.54, 1.807) is 0 Å². The molecule has 1 unspecified atom stereocenters. The van der Waals surface area contributed by atoms with Crippen molar-refractivity contribution in [1.29, 1.82) is 0 Å². The summed E-state index contributed by atoms with van der Waals surface area (Å²) in [7, 11) is 1.94. The molecule has 0 amide bonds. The molecule has 2 heteroatoms. The van der Waals surface area contributed by atoms with Gasteiger partial charge in [-0.3, -0.25) is 0 Å². The molecule has 0 aliphatic rings. The maximum Gasteiger partial charge on any atom is 0.0428 e. The van der Waals surface area contributed by atoms with Crippen LogP contribution in [0.4, 0.5) is 0 Å². The van der Waals surface area contributed by atoms with E-state index in [-0.39, 0.29) is 0 Å². The highest BCUT2D eigenvalue weighted by Gasteiger charge is 2.06. The lowest BCUT2D eigenvalue weighted by atomic mass is 10.0. The maximum absolute atomic E-state index is 5.82. The minimum atomic E-state index is 0.291. The van der Waals surface area contributed by atoms with Crippen LogP contribution in [0.3, 0.4) is 0 Å². The fourth-order valence-corrected chi connectivity index (χ4v) is 1.41. The number of hydrogen-bond acceptors (Lipinski definition) is 1. The zero-order valence-electron chi connectivity index (χ0n) is 8.47. The van der Waals surface area contributed by atoms with Crippen molar-refractivity contribution in [1.82, 2.24) is 5.32 Å². The molecule has 0 aliphatic heterocycles. The Morgan fingerprint density at radius 1 is 1.36 bits per heavy atom. The molecular formula is C12H14ClN. The van der Waals surface area contributed by atoms with Crippen LogP contribution < -0.4 is 5.32 Å². The molecular weight excluding hydrogens is 194 g/mol. The van der Waals surface area contributed by atoms with Crippen molar-refractivity contribution in [2.24, 2.45) is 0 Å². The van der Waals surface area contributed by atoms with Crippen LogP contribution in [-0.4, -0.2) is 7.05 Å². The van der Waals surface area contributed by atoms with E-state index in [1.807, 2.05) is 38.2 Å². The minimum Gasteiger partial charge on any atom is -0.312 e. The Bertz CT molecular complexity index is 332. The molecule has 1 nitrogen and oxygen atoms in total. The van der Waals surface area contributed by atoms with Crippen molar-refractivity contribution >= 4 is 11.6 Å². The van der Waals surface area contributed by atoms with Gasteiger partial charge >= 0.3 is 0 Å². The quantitative estimate of drug-likeness (QED) is 0.752. The molecule has 0 radical (unpaired) electrons. The van der Waals surface area contributed by atoms with Crippen LogP contribution >= 0.6 is 11.6 Å². The van der Waals surface area contributed by atoms with Gasteiger partial charge < -0.3 is 5.32 Å². The van der Waals surface area contributed by atoms with Crippen molar-refractivity contribution in [3.8, 4) is 11.8 Å². The molecule has 0 heterocycles. The molecule has 0 aromatic heterocycles. The fraction of sp³-hybridized carbons (Fsp3) is 0.333. The average molecular weight is 208 g/mol. The number of halogens is 1. The topological polar surface area (TPSA) is 12.0 Å². The zero-order chi connectivity index (χ0) is 10.4. The Labute approximate surface area is 90.5 Å². The van der Waals surface area contributed by atoms with Gasteiger partial charge in [0.15, 0.2) is 0 Å². The van der Waals surface area contributed by atoms with Gasteiger partial charge in [-0.2, -0.15) is 0 Å². The Balaban J connectivity index is 2.76. The molecule has 1 N–H and O–H groups in total. The van der Waals surface area contributed by atoms with Crippen LogP contribution in [-0.2, 0) is 0 Å². The highest BCUT2D eigenvalue weighted by atomic mass is 35.5. The van der Waals surface area contributed by atoms with E-state index in [1.165, 1.54) is 5.56 Å². The molecule has 0 aliphatic carbocycles. The van der Waals surface area contributed by atoms with E-state index in [2.05, 4.69) is 17.2 Å². The molecule has 14 heavy (non-hydrogen) atoms. The molecule has 1 rings (SSSR count). The van der Waals surface area contributed by atoms with Gasteiger partial charge in [0.25, 0.3) is 0 Å². The lowest BCUT2D eigenvalue weighted by Gasteiger charge is -2.13. The van der Waals surface area contributed by atoms with E-state index in [4.69, 9.17) is 11.6 Å². The molecule has 0 saturated carbocycles. The van der Waals surface area contributed by atoms with Crippen molar-refractivity contribution in [2.75, 3.05) is 7.05 Å². The van der Waals surface area contributed by atoms with Crippen molar-refractivity contribution in [2.45, 2.75) is 19.4 Å². The predicted molar refractivity (Wildman–Crippen MR) is 61.3 cm³/mol. The number of benzene rings is 1. The van der Waals surface area contributed by atoms with Crippen molar-refractivity contribution in [3.05, 3.63) is 34.9 Å². The summed E-state index contributed by atoms with van der Waals surface area (Å²) in [5.74, 6) is 5.96. The third-order valence-corrected chi connectivity index (χ3v) is 2.36. The Morgan fingerprint density at radius 2 is 2.00 bits per heavy atom. The highest BCUT2D eigenvalue weighted by molar-refractivity contribution is 6.30. The van der Waals surface area contributed by atoms with Gasteiger partial charge in [-0.1, -0.05) is 23.7 Å². The predicted octanol–water partition coefficient (Wildman–Crippen LogP) is 3.01. The average Bonchev–Trinajstić information content (AvgIpc) is 2.21. The molecule has 0 spiro atoms. The largest absolute Gasteiger partial charge is 0.312 e. The lowest BCUT2D eigenvalue weighted by Crippen LogP contribution is -2.15. The molecule has 0 bridgehead atoms. The Kier molecular flexibility index (Phi) is 4.52. The molecule has 1 aromatic rings. The molecule has 1 atom stereocenters. The first kappa shape index (κ1) is 11.1. The van der Waals surface area contributed by atoms with Crippen LogP contribution in [0.2, 0.25) is 5.02 Å². The number of nitrogens with one attached hydrogen (secondary N) is 1. The third kappa shape index (κ3) is 3.06. The van der Waals surface area contributed by atoms with Crippen molar-refractivity contribution in [3.63, 3.8) is 0 Å². The Morgan fingerprint density at radius 3 is 2.50 bits per heavy atom. The smallest absolute Gasteiger partial charge is 0.0428 e. The van der Waals surface area contributed by atoms with Crippen LogP contribution in [0.1, 0.15) is 24.9 Å². The molecule has 0 saturated heterocycles. The van der Waals surface area contributed by atoms with E-state index in [0.717, 1.165) is 11.4 Å². The first-order chi connectivity index (χ1) is 6.77. The monoisotopic (exact) mass is 207 g/mol.